The lowest BCUT2D eigenvalue weighted by atomic mass is 10.1. The molecule has 7 nitrogen and oxygen atoms in total. The van der Waals surface area contributed by atoms with Crippen molar-refractivity contribution in [3.8, 4) is 11.4 Å². The number of amides is 1. The van der Waals surface area contributed by atoms with Crippen LogP contribution in [0.1, 0.15) is 35.1 Å². The second-order valence-corrected chi connectivity index (χ2v) is 6.97. The predicted octanol–water partition coefficient (Wildman–Crippen LogP) is 2.31. The molecular weight excluding hydrogens is 354 g/mol. The van der Waals surface area contributed by atoms with Gasteiger partial charge in [0.05, 0.1) is 12.6 Å². The molecule has 1 amide bonds. The van der Waals surface area contributed by atoms with Gasteiger partial charge < -0.3 is 10.0 Å². The third-order valence-corrected chi connectivity index (χ3v) is 5.04. The minimum absolute atomic E-state index is 0.0598. The van der Waals surface area contributed by atoms with Crippen molar-refractivity contribution in [1.82, 2.24) is 24.6 Å². The van der Waals surface area contributed by atoms with E-state index in [0.29, 0.717) is 38.3 Å². The number of carbonyl (C=O) groups is 1. The molecule has 3 heterocycles. The summed E-state index contributed by atoms with van der Waals surface area (Å²) in [6.45, 7) is 3.51. The van der Waals surface area contributed by atoms with E-state index in [-0.39, 0.29) is 5.91 Å². The zero-order valence-electron chi connectivity index (χ0n) is 15.8. The molecule has 1 aliphatic heterocycles. The topological polar surface area (TPSA) is 84.1 Å². The minimum Gasteiger partial charge on any atom is -0.391 e. The quantitative estimate of drug-likeness (QED) is 0.683. The fourth-order valence-electron chi connectivity index (χ4n) is 3.39. The lowest BCUT2D eigenvalue weighted by molar-refractivity contribution is 0.0778. The molecule has 0 aliphatic carbocycles. The smallest absolute Gasteiger partial charge is 0.254 e. The highest BCUT2D eigenvalue weighted by atomic mass is 16.3. The van der Waals surface area contributed by atoms with Crippen molar-refractivity contribution >= 4 is 5.91 Å². The van der Waals surface area contributed by atoms with Crippen LogP contribution in [-0.2, 0) is 19.5 Å². The van der Waals surface area contributed by atoms with E-state index in [9.17, 15) is 9.90 Å². The van der Waals surface area contributed by atoms with Crippen LogP contribution >= 0.6 is 0 Å². The van der Waals surface area contributed by atoms with Crippen molar-refractivity contribution in [1.29, 1.82) is 0 Å². The van der Waals surface area contributed by atoms with Crippen LogP contribution in [0.3, 0.4) is 0 Å². The Balaban J connectivity index is 1.53. The van der Waals surface area contributed by atoms with E-state index in [1.165, 1.54) is 0 Å². The maximum atomic E-state index is 12.6. The van der Waals surface area contributed by atoms with E-state index in [0.717, 1.165) is 22.5 Å². The number of benzene rings is 1. The highest BCUT2D eigenvalue weighted by molar-refractivity contribution is 5.98. The molecule has 28 heavy (non-hydrogen) atoms. The van der Waals surface area contributed by atoms with Gasteiger partial charge in [0.25, 0.3) is 5.91 Å². The van der Waals surface area contributed by atoms with Crippen LogP contribution in [0.15, 0.2) is 48.8 Å². The van der Waals surface area contributed by atoms with Crippen LogP contribution in [-0.4, -0.2) is 48.3 Å². The van der Waals surface area contributed by atoms with Crippen LogP contribution in [0.5, 0.6) is 0 Å². The maximum Gasteiger partial charge on any atom is 0.254 e. The average Bonchev–Trinajstić information content (AvgIpc) is 3.28. The zero-order chi connectivity index (χ0) is 19.5. The highest BCUT2D eigenvalue weighted by Crippen LogP contribution is 2.23. The van der Waals surface area contributed by atoms with Crippen molar-refractivity contribution in [2.24, 2.45) is 0 Å². The minimum atomic E-state index is -0.483. The molecule has 4 rings (SSSR count). The molecule has 0 spiro atoms. The molecule has 0 fully saturated rings. The first-order chi connectivity index (χ1) is 13.7. The number of hydrogen-bond donors (Lipinski definition) is 1. The van der Waals surface area contributed by atoms with Crippen molar-refractivity contribution in [2.45, 2.75) is 39.0 Å². The molecule has 1 aliphatic rings. The molecule has 3 aromatic rings. The van der Waals surface area contributed by atoms with Gasteiger partial charge in [0.1, 0.15) is 5.82 Å². The summed E-state index contributed by atoms with van der Waals surface area (Å²) in [5.74, 6) is 1.43. The van der Waals surface area contributed by atoms with Crippen molar-refractivity contribution < 1.29 is 9.90 Å². The van der Waals surface area contributed by atoms with E-state index in [4.69, 9.17) is 0 Å². The molecule has 7 heteroatoms. The van der Waals surface area contributed by atoms with Gasteiger partial charge in [-0.15, -0.1) is 0 Å². The summed E-state index contributed by atoms with van der Waals surface area (Å²) < 4.78 is 1.76. The van der Waals surface area contributed by atoms with Crippen LogP contribution in [0.4, 0.5) is 0 Å². The normalized spacial score (nSPS) is 14.4. The summed E-state index contributed by atoms with van der Waals surface area (Å²) >= 11 is 0. The standard InChI is InChI=1S/C21H23N5O2/c1-2-17(27)14-26-19(23-20(24-26)15-7-10-22-11-8-15)9-12-25-13-16-5-3-4-6-18(16)21(25)28/h3-8,10-11,17,27H,2,9,12-14H2,1H3. The average molecular weight is 377 g/mol. The fourth-order valence-corrected chi connectivity index (χ4v) is 3.39. The Hall–Kier alpha value is -3.06. The summed E-state index contributed by atoms with van der Waals surface area (Å²) in [5.41, 5.74) is 2.72. The molecule has 0 radical (unpaired) electrons. The Bertz CT molecular complexity index is 970. The summed E-state index contributed by atoms with van der Waals surface area (Å²) in [7, 11) is 0. The fraction of sp³-hybridized carbons (Fsp3) is 0.333. The summed E-state index contributed by atoms with van der Waals surface area (Å²) in [5, 5.41) is 14.7. The number of aliphatic hydroxyl groups is 1. The Morgan fingerprint density at radius 3 is 2.71 bits per heavy atom. The van der Waals surface area contributed by atoms with E-state index >= 15 is 0 Å². The van der Waals surface area contributed by atoms with Gasteiger partial charge in [-0.1, -0.05) is 25.1 Å². The number of hydrogen-bond acceptors (Lipinski definition) is 5. The first-order valence-corrected chi connectivity index (χ1v) is 9.55. The van der Waals surface area contributed by atoms with Gasteiger partial charge in [-0.2, -0.15) is 5.10 Å². The van der Waals surface area contributed by atoms with E-state index in [2.05, 4.69) is 15.1 Å². The van der Waals surface area contributed by atoms with Gasteiger partial charge in [0.15, 0.2) is 5.82 Å². The SMILES string of the molecule is CCC(O)Cn1nc(-c2ccncc2)nc1CCN1Cc2ccccc2C1=O. The third-order valence-electron chi connectivity index (χ3n) is 5.04. The number of aromatic nitrogens is 4. The number of pyridine rings is 1. The molecule has 0 bridgehead atoms. The van der Waals surface area contributed by atoms with Gasteiger partial charge in [-0.3, -0.25) is 9.78 Å². The molecule has 1 atom stereocenters. The summed E-state index contributed by atoms with van der Waals surface area (Å²) in [4.78, 5) is 23.1. The van der Waals surface area contributed by atoms with Gasteiger partial charge >= 0.3 is 0 Å². The van der Waals surface area contributed by atoms with Gasteiger partial charge in [-0.25, -0.2) is 9.67 Å². The van der Waals surface area contributed by atoms with Gasteiger partial charge in [0, 0.05) is 43.0 Å². The molecule has 1 unspecified atom stereocenters. The first kappa shape index (κ1) is 18.3. The second-order valence-electron chi connectivity index (χ2n) is 6.97. The Morgan fingerprint density at radius 2 is 1.96 bits per heavy atom. The van der Waals surface area contributed by atoms with Crippen LogP contribution in [0, 0.1) is 0 Å². The number of carbonyl (C=O) groups excluding carboxylic acids is 1. The maximum absolute atomic E-state index is 12.6. The molecule has 144 valence electrons. The monoisotopic (exact) mass is 377 g/mol. The van der Waals surface area contributed by atoms with Gasteiger partial charge in [0.2, 0.25) is 0 Å². The number of rotatable bonds is 7. The molecular formula is C21H23N5O2. The van der Waals surface area contributed by atoms with Crippen molar-refractivity contribution in [3.63, 3.8) is 0 Å². The van der Waals surface area contributed by atoms with E-state index in [1.807, 2.05) is 48.2 Å². The Kier molecular flexibility index (Phi) is 5.16. The van der Waals surface area contributed by atoms with E-state index < -0.39 is 6.10 Å². The molecule has 1 N–H and O–H groups in total. The molecule has 1 aromatic carbocycles. The molecule has 0 saturated heterocycles. The lowest BCUT2D eigenvalue weighted by Crippen LogP contribution is -2.27. The van der Waals surface area contributed by atoms with Crippen molar-refractivity contribution in [2.75, 3.05) is 6.54 Å². The highest BCUT2D eigenvalue weighted by Gasteiger charge is 2.27. The first-order valence-electron chi connectivity index (χ1n) is 9.55. The number of nitrogens with zero attached hydrogens (tertiary/aromatic N) is 5. The molecule has 2 aromatic heterocycles. The second kappa shape index (κ2) is 7.90. The number of aliphatic hydroxyl groups excluding tert-OH is 1. The zero-order valence-corrected chi connectivity index (χ0v) is 15.8. The van der Waals surface area contributed by atoms with Crippen molar-refractivity contribution in [3.05, 3.63) is 65.7 Å². The lowest BCUT2D eigenvalue weighted by Gasteiger charge is -2.16. The van der Waals surface area contributed by atoms with Crippen LogP contribution in [0.25, 0.3) is 11.4 Å². The largest absolute Gasteiger partial charge is 0.391 e. The Labute approximate surface area is 163 Å². The summed E-state index contributed by atoms with van der Waals surface area (Å²) in [6, 6.07) is 11.4. The third kappa shape index (κ3) is 3.66. The van der Waals surface area contributed by atoms with Crippen LogP contribution in [0.2, 0.25) is 0 Å². The summed E-state index contributed by atoms with van der Waals surface area (Å²) in [6.07, 6.45) is 4.15. The predicted molar refractivity (Wildman–Crippen MR) is 104 cm³/mol. The number of fused-ring (bicyclic) bond motifs is 1. The van der Waals surface area contributed by atoms with Crippen LogP contribution < -0.4 is 0 Å². The van der Waals surface area contributed by atoms with E-state index in [1.54, 1.807) is 17.1 Å². The Morgan fingerprint density at radius 1 is 1.18 bits per heavy atom. The molecule has 0 saturated carbocycles. The van der Waals surface area contributed by atoms with Gasteiger partial charge in [-0.05, 0) is 30.2 Å².